The minimum Gasteiger partial charge on any atom is -0.480 e. The third-order valence-corrected chi connectivity index (χ3v) is 2.83. The maximum absolute atomic E-state index is 11.0. The summed E-state index contributed by atoms with van der Waals surface area (Å²) in [6.07, 6.45) is 0.963. The van der Waals surface area contributed by atoms with Crippen molar-refractivity contribution in [2.45, 2.75) is 12.5 Å². The maximum atomic E-state index is 11.0. The van der Waals surface area contributed by atoms with Gasteiger partial charge in [0.15, 0.2) is 0 Å². The van der Waals surface area contributed by atoms with Crippen molar-refractivity contribution in [2.75, 3.05) is 18.1 Å². The van der Waals surface area contributed by atoms with Gasteiger partial charge >= 0.3 is 12.0 Å². The molecule has 1 rings (SSSR count). The van der Waals surface area contributed by atoms with Crippen LogP contribution in [0.3, 0.4) is 0 Å². The fraction of sp³-hybridized carbons (Fsp3) is 0.714. The van der Waals surface area contributed by atoms with Gasteiger partial charge in [-0.2, -0.15) is 11.8 Å². The van der Waals surface area contributed by atoms with E-state index >= 15 is 0 Å². The van der Waals surface area contributed by atoms with Gasteiger partial charge in [-0.15, -0.1) is 0 Å². The summed E-state index contributed by atoms with van der Waals surface area (Å²) in [4.78, 5) is 21.1. The van der Waals surface area contributed by atoms with Gasteiger partial charge in [0.2, 0.25) is 0 Å². The summed E-state index contributed by atoms with van der Waals surface area (Å²) >= 11 is 1.79. The summed E-state index contributed by atoms with van der Waals surface area (Å²) in [7, 11) is 0. The Morgan fingerprint density at radius 3 is 2.85 bits per heavy atom. The van der Waals surface area contributed by atoms with Crippen molar-refractivity contribution < 1.29 is 14.7 Å². The summed E-state index contributed by atoms with van der Waals surface area (Å²) in [6.45, 7) is -0.328. The Bertz CT molecular complexity index is 204. The molecule has 1 aliphatic heterocycles. The second-order valence-electron chi connectivity index (χ2n) is 2.78. The van der Waals surface area contributed by atoms with Crippen LogP contribution < -0.4 is 10.6 Å². The summed E-state index contributed by atoms with van der Waals surface area (Å²) < 4.78 is 0. The molecule has 0 radical (unpaired) electrons. The van der Waals surface area contributed by atoms with E-state index in [4.69, 9.17) is 5.11 Å². The molecule has 3 N–H and O–H groups in total. The summed E-state index contributed by atoms with van der Waals surface area (Å²) in [5, 5.41) is 13.2. The third kappa shape index (κ3) is 4.02. The Labute approximate surface area is 80.3 Å². The van der Waals surface area contributed by atoms with Crippen molar-refractivity contribution in [3.8, 4) is 0 Å². The quantitative estimate of drug-likeness (QED) is 0.598. The molecule has 1 heterocycles. The molecule has 0 aromatic carbocycles. The molecule has 13 heavy (non-hydrogen) atoms. The number of carboxylic acids is 1. The number of hydrogen-bond acceptors (Lipinski definition) is 3. The summed E-state index contributed by atoms with van der Waals surface area (Å²) in [5.41, 5.74) is 0. The van der Waals surface area contributed by atoms with Gasteiger partial charge in [-0.05, 0) is 12.2 Å². The van der Waals surface area contributed by atoms with Crippen LogP contribution in [0.5, 0.6) is 0 Å². The number of carboxylic acid groups (broad SMARTS) is 1. The first kappa shape index (κ1) is 10.2. The first-order valence-corrected chi connectivity index (χ1v) is 5.18. The van der Waals surface area contributed by atoms with E-state index in [9.17, 15) is 9.59 Å². The molecule has 0 aliphatic carbocycles. The van der Waals surface area contributed by atoms with E-state index in [1.165, 1.54) is 0 Å². The minimum absolute atomic E-state index is 0.193. The molecular weight excluding hydrogens is 192 g/mol. The molecule has 5 nitrogen and oxygen atoms in total. The first-order chi connectivity index (χ1) is 6.18. The number of hydrogen-bond donors (Lipinski definition) is 3. The summed E-state index contributed by atoms with van der Waals surface area (Å²) in [5.74, 6) is 0.945. The standard InChI is InChI=1S/C7H12N2O3S/c10-6(11)3-8-7(12)9-5-1-2-13-4-5/h5H,1-4H2,(H,10,11)(H2,8,9,12). The zero-order valence-electron chi connectivity index (χ0n) is 7.08. The van der Waals surface area contributed by atoms with Crippen molar-refractivity contribution in [1.29, 1.82) is 0 Å². The molecule has 0 saturated carbocycles. The Morgan fingerprint density at radius 1 is 1.54 bits per heavy atom. The van der Waals surface area contributed by atoms with Crippen LogP contribution in [-0.2, 0) is 4.79 Å². The lowest BCUT2D eigenvalue weighted by atomic mass is 10.3. The predicted molar refractivity (Wildman–Crippen MR) is 49.9 cm³/mol. The highest BCUT2D eigenvalue weighted by Gasteiger charge is 2.17. The van der Waals surface area contributed by atoms with Gasteiger partial charge in [0.1, 0.15) is 6.54 Å². The second kappa shape index (κ2) is 4.96. The fourth-order valence-electron chi connectivity index (χ4n) is 1.04. The van der Waals surface area contributed by atoms with Crippen LogP contribution in [0.4, 0.5) is 4.79 Å². The Hall–Kier alpha value is -0.910. The predicted octanol–water partition coefficient (Wildman–Crippen LogP) is -0.124. The van der Waals surface area contributed by atoms with Gasteiger partial charge < -0.3 is 15.7 Å². The average Bonchev–Trinajstić information content (AvgIpc) is 2.53. The zero-order chi connectivity index (χ0) is 9.68. The van der Waals surface area contributed by atoms with E-state index in [2.05, 4.69) is 10.6 Å². The number of rotatable bonds is 3. The molecule has 2 amide bonds. The minimum atomic E-state index is -1.03. The van der Waals surface area contributed by atoms with E-state index in [-0.39, 0.29) is 12.6 Å². The van der Waals surface area contributed by atoms with Crippen LogP contribution in [-0.4, -0.2) is 41.2 Å². The third-order valence-electron chi connectivity index (χ3n) is 1.67. The first-order valence-electron chi connectivity index (χ1n) is 4.02. The lowest BCUT2D eigenvalue weighted by Gasteiger charge is -2.10. The van der Waals surface area contributed by atoms with E-state index in [1.807, 2.05) is 0 Å². The lowest BCUT2D eigenvalue weighted by molar-refractivity contribution is -0.135. The van der Waals surface area contributed by atoms with Crippen molar-refractivity contribution in [3.63, 3.8) is 0 Å². The van der Waals surface area contributed by atoms with Gasteiger partial charge in [-0.3, -0.25) is 4.79 Å². The number of carbonyl (C=O) groups is 2. The number of amides is 2. The normalized spacial score (nSPS) is 21.1. The molecule has 1 unspecified atom stereocenters. The number of carbonyl (C=O) groups excluding carboxylic acids is 1. The Morgan fingerprint density at radius 2 is 2.31 bits per heavy atom. The number of aliphatic carboxylic acids is 1. The number of urea groups is 1. The molecule has 0 aromatic heterocycles. The Kier molecular flexibility index (Phi) is 3.88. The molecule has 74 valence electrons. The van der Waals surface area contributed by atoms with Crippen molar-refractivity contribution in [2.24, 2.45) is 0 Å². The molecule has 6 heteroatoms. The monoisotopic (exact) mass is 204 g/mol. The van der Waals surface area contributed by atoms with Crippen LogP contribution in [0.2, 0.25) is 0 Å². The molecular formula is C7H12N2O3S. The zero-order valence-corrected chi connectivity index (χ0v) is 7.89. The highest BCUT2D eigenvalue weighted by atomic mass is 32.2. The summed E-state index contributed by atoms with van der Waals surface area (Å²) in [6, 6.07) is -0.200. The van der Waals surface area contributed by atoms with Crippen molar-refractivity contribution in [3.05, 3.63) is 0 Å². The van der Waals surface area contributed by atoms with E-state index in [1.54, 1.807) is 11.8 Å². The van der Waals surface area contributed by atoms with Gasteiger partial charge in [0.05, 0.1) is 0 Å². The van der Waals surface area contributed by atoms with E-state index < -0.39 is 12.0 Å². The highest BCUT2D eigenvalue weighted by Crippen LogP contribution is 2.16. The molecule has 1 atom stereocenters. The SMILES string of the molecule is O=C(O)CNC(=O)NC1CCSC1. The molecule has 1 aliphatic rings. The topological polar surface area (TPSA) is 78.4 Å². The molecule has 0 bridgehead atoms. The Balaban J connectivity index is 2.13. The maximum Gasteiger partial charge on any atom is 0.323 e. The molecule has 0 spiro atoms. The van der Waals surface area contributed by atoms with Gasteiger partial charge in [-0.1, -0.05) is 0 Å². The van der Waals surface area contributed by atoms with E-state index in [0.717, 1.165) is 17.9 Å². The van der Waals surface area contributed by atoms with Crippen LogP contribution in [0, 0.1) is 0 Å². The van der Waals surface area contributed by atoms with Crippen LogP contribution in [0.25, 0.3) is 0 Å². The van der Waals surface area contributed by atoms with E-state index in [0.29, 0.717) is 0 Å². The van der Waals surface area contributed by atoms with Crippen LogP contribution in [0.1, 0.15) is 6.42 Å². The number of thioether (sulfide) groups is 1. The van der Waals surface area contributed by atoms with Crippen molar-refractivity contribution in [1.82, 2.24) is 10.6 Å². The van der Waals surface area contributed by atoms with Gasteiger partial charge in [0.25, 0.3) is 0 Å². The molecule has 1 saturated heterocycles. The van der Waals surface area contributed by atoms with Gasteiger partial charge in [-0.25, -0.2) is 4.79 Å². The highest BCUT2D eigenvalue weighted by molar-refractivity contribution is 7.99. The molecule has 0 aromatic rings. The van der Waals surface area contributed by atoms with Gasteiger partial charge in [0, 0.05) is 11.8 Å². The largest absolute Gasteiger partial charge is 0.480 e. The van der Waals surface area contributed by atoms with Crippen LogP contribution in [0.15, 0.2) is 0 Å². The van der Waals surface area contributed by atoms with Crippen LogP contribution >= 0.6 is 11.8 Å². The second-order valence-corrected chi connectivity index (χ2v) is 3.93. The lowest BCUT2D eigenvalue weighted by Crippen LogP contribution is -2.43. The smallest absolute Gasteiger partial charge is 0.323 e. The van der Waals surface area contributed by atoms with Crippen molar-refractivity contribution >= 4 is 23.8 Å². The fourth-order valence-corrected chi connectivity index (χ4v) is 2.19. The molecule has 1 fully saturated rings. The number of nitrogens with one attached hydrogen (secondary N) is 2. The average molecular weight is 204 g/mol.